The number of hydrogen-bond acceptors (Lipinski definition) is 6. The summed E-state index contributed by atoms with van der Waals surface area (Å²) in [6.45, 7) is 6.14. The maximum atomic E-state index is 12.7. The summed E-state index contributed by atoms with van der Waals surface area (Å²) in [7, 11) is -2.37. The minimum atomic E-state index is -3.87. The largest absolute Gasteiger partial charge is 0.497 e. The van der Waals surface area contributed by atoms with Crippen LogP contribution < -0.4 is 19.5 Å². The molecular weight excluding hydrogens is 394 g/mol. The summed E-state index contributed by atoms with van der Waals surface area (Å²) in [6.07, 6.45) is 1.60. The number of methoxy groups -OCH3 is 1. The topological polar surface area (TPSA) is 107 Å². The lowest BCUT2D eigenvalue weighted by Crippen LogP contribution is -2.49. The second-order valence-corrected chi connectivity index (χ2v) is 8.39. The van der Waals surface area contributed by atoms with Gasteiger partial charge in [0, 0.05) is 18.8 Å². The molecule has 0 unspecified atom stereocenters. The Kier molecular flexibility index (Phi) is 7.98. The number of aromatic nitrogens is 1. The fourth-order valence-electron chi connectivity index (χ4n) is 2.57. The van der Waals surface area contributed by atoms with Gasteiger partial charge in [-0.3, -0.25) is 4.79 Å². The summed E-state index contributed by atoms with van der Waals surface area (Å²) in [5, 5.41) is 2.77. The van der Waals surface area contributed by atoms with Gasteiger partial charge in [-0.05, 0) is 48.7 Å². The maximum absolute atomic E-state index is 12.7. The van der Waals surface area contributed by atoms with Gasteiger partial charge in [-0.1, -0.05) is 13.8 Å². The molecule has 29 heavy (non-hydrogen) atoms. The Hall–Kier alpha value is -2.65. The number of benzene rings is 1. The molecule has 2 rings (SSSR count). The second-order valence-electron chi connectivity index (χ2n) is 6.67. The molecule has 0 saturated heterocycles. The highest BCUT2D eigenvalue weighted by atomic mass is 32.2. The Morgan fingerprint density at radius 3 is 2.45 bits per heavy atom. The highest BCUT2D eigenvalue weighted by Crippen LogP contribution is 2.17. The van der Waals surface area contributed by atoms with E-state index in [1.54, 1.807) is 44.3 Å². The molecule has 0 aliphatic carbocycles. The first-order chi connectivity index (χ1) is 13.8. The molecular formula is C20H27N3O5S. The van der Waals surface area contributed by atoms with Gasteiger partial charge in [-0.25, -0.2) is 13.4 Å². The van der Waals surface area contributed by atoms with Crippen molar-refractivity contribution in [1.29, 1.82) is 0 Å². The summed E-state index contributed by atoms with van der Waals surface area (Å²) in [6, 6.07) is 8.54. The molecule has 2 N–H and O–H groups in total. The fourth-order valence-corrected chi connectivity index (χ4v) is 3.91. The van der Waals surface area contributed by atoms with Crippen LogP contribution in [-0.2, 0) is 21.4 Å². The molecule has 0 fully saturated rings. The number of nitrogens with one attached hydrogen (secondary N) is 2. The minimum Gasteiger partial charge on any atom is -0.497 e. The van der Waals surface area contributed by atoms with Gasteiger partial charge in [0.05, 0.1) is 18.6 Å². The molecule has 8 nitrogen and oxygen atoms in total. The molecule has 0 aliphatic rings. The van der Waals surface area contributed by atoms with Gasteiger partial charge in [0.2, 0.25) is 21.8 Å². The monoisotopic (exact) mass is 421 g/mol. The smallest absolute Gasteiger partial charge is 0.241 e. The highest BCUT2D eigenvalue weighted by Gasteiger charge is 2.28. The standard InChI is InChI=1S/C20H27N3O5S/c1-5-28-18-12-15(10-11-21-18)13-22-20(24)19(14(2)3)23-29(25,26)17-8-6-16(27-4)7-9-17/h6-12,14,19,23H,5,13H2,1-4H3,(H,22,24)/t19-/m0/s1. The van der Waals surface area contributed by atoms with Crippen molar-refractivity contribution >= 4 is 15.9 Å². The summed E-state index contributed by atoms with van der Waals surface area (Å²) in [5.41, 5.74) is 0.803. The van der Waals surface area contributed by atoms with Crippen molar-refractivity contribution in [2.45, 2.75) is 38.3 Å². The van der Waals surface area contributed by atoms with Crippen LogP contribution in [0.2, 0.25) is 0 Å². The van der Waals surface area contributed by atoms with Crippen molar-refractivity contribution in [3.05, 3.63) is 48.2 Å². The number of ether oxygens (including phenoxy) is 2. The molecule has 0 spiro atoms. The van der Waals surface area contributed by atoms with Gasteiger partial charge >= 0.3 is 0 Å². The van der Waals surface area contributed by atoms with Crippen LogP contribution in [0.4, 0.5) is 0 Å². The molecule has 9 heteroatoms. The maximum Gasteiger partial charge on any atom is 0.241 e. The zero-order valence-electron chi connectivity index (χ0n) is 17.0. The van der Waals surface area contributed by atoms with Crippen LogP contribution in [0.5, 0.6) is 11.6 Å². The molecule has 158 valence electrons. The Bertz CT molecular complexity index is 914. The normalized spacial score (nSPS) is 12.4. The first-order valence-corrected chi connectivity index (χ1v) is 10.8. The lowest BCUT2D eigenvalue weighted by molar-refractivity contribution is -0.123. The predicted molar refractivity (Wildman–Crippen MR) is 109 cm³/mol. The zero-order chi connectivity index (χ0) is 21.4. The molecule has 0 saturated carbocycles. The average molecular weight is 422 g/mol. The lowest BCUT2D eigenvalue weighted by Gasteiger charge is -2.22. The Morgan fingerprint density at radius 1 is 1.17 bits per heavy atom. The summed E-state index contributed by atoms with van der Waals surface area (Å²) >= 11 is 0. The van der Waals surface area contributed by atoms with Crippen molar-refractivity contribution in [3.8, 4) is 11.6 Å². The van der Waals surface area contributed by atoms with Crippen molar-refractivity contribution in [2.24, 2.45) is 5.92 Å². The summed E-state index contributed by atoms with van der Waals surface area (Å²) < 4.78 is 38.3. The number of amides is 1. The molecule has 1 atom stereocenters. The van der Waals surface area contributed by atoms with Gasteiger partial charge < -0.3 is 14.8 Å². The van der Waals surface area contributed by atoms with E-state index in [0.29, 0.717) is 18.2 Å². The first kappa shape index (κ1) is 22.6. The molecule has 1 amide bonds. The van der Waals surface area contributed by atoms with Crippen LogP contribution in [-0.4, -0.2) is 39.1 Å². The van der Waals surface area contributed by atoms with Gasteiger partial charge in [-0.15, -0.1) is 0 Å². The number of carbonyl (C=O) groups is 1. The molecule has 1 aromatic carbocycles. The predicted octanol–water partition coefficient (Wildman–Crippen LogP) is 2.11. The third kappa shape index (κ3) is 6.43. The second kappa shape index (κ2) is 10.2. The number of nitrogens with zero attached hydrogens (tertiary/aromatic N) is 1. The molecule has 2 aromatic rings. The van der Waals surface area contributed by atoms with E-state index in [9.17, 15) is 13.2 Å². The summed E-state index contributed by atoms with van der Waals surface area (Å²) in [4.78, 5) is 16.8. The van der Waals surface area contributed by atoms with Gasteiger partial charge in [0.1, 0.15) is 11.8 Å². The van der Waals surface area contributed by atoms with Crippen LogP contribution >= 0.6 is 0 Å². The van der Waals surface area contributed by atoms with E-state index >= 15 is 0 Å². The van der Waals surface area contributed by atoms with E-state index in [2.05, 4.69) is 15.0 Å². The number of carbonyl (C=O) groups excluding carboxylic acids is 1. The number of rotatable bonds is 10. The van der Waals surface area contributed by atoms with Crippen LogP contribution in [0.3, 0.4) is 0 Å². The molecule has 0 aliphatic heterocycles. The number of hydrogen-bond donors (Lipinski definition) is 2. The average Bonchev–Trinajstić information content (AvgIpc) is 2.70. The van der Waals surface area contributed by atoms with Crippen LogP contribution in [0.25, 0.3) is 0 Å². The van der Waals surface area contributed by atoms with Crippen LogP contribution in [0, 0.1) is 5.92 Å². The lowest BCUT2D eigenvalue weighted by atomic mass is 10.0. The quantitative estimate of drug-likeness (QED) is 0.609. The fraction of sp³-hybridized carbons (Fsp3) is 0.400. The third-order valence-electron chi connectivity index (χ3n) is 4.16. The Morgan fingerprint density at radius 2 is 1.86 bits per heavy atom. The first-order valence-electron chi connectivity index (χ1n) is 9.28. The molecule has 0 radical (unpaired) electrons. The molecule has 0 bridgehead atoms. The molecule has 1 aromatic heterocycles. The SMILES string of the molecule is CCOc1cc(CNC(=O)[C@@H](NS(=O)(=O)c2ccc(OC)cc2)C(C)C)ccn1. The van der Waals surface area contributed by atoms with Gasteiger partial charge in [-0.2, -0.15) is 4.72 Å². The third-order valence-corrected chi connectivity index (χ3v) is 5.62. The van der Waals surface area contributed by atoms with Crippen molar-refractivity contribution in [2.75, 3.05) is 13.7 Å². The van der Waals surface area contributed by atoms with Crippen LogP contribution in [0.1, 0.15) is 26.3 Å². The van der Waals surface area contributed by atoms with E-state index in [0.717, 1.165) is 5.56 Å². The van der Waals surface area contributed by atoms with Gasteiger partial charge in [0.15, 0.2) is 0 Å². The Balaban J connectivity index is 2.07. The van der Waals surface area contributed by atoms with Crippen LogP contribution in [0.15, 0.2) is 47.5 Å². The van der Waals surface area contributed by atoms with Crippen molar-refractivity contribution in [1.82, 2.24) is 15.0 Å². The van der Waals surface area contributed by atoms with E-state index in [1.165, 1.54) is 19.2 Å². The van der Waals surface area contributed by atoms with Crippen molar-refractivity contribution in [3.63, 3.8) is 0 Å². The Labute approximate surface area is 171 Å². The highest BCUT2D eigenvalue weighted by molar-refractivity contribution is 7.89. The number of pyridine rings is 1. The van der Waals surface area contributed by atoms with E-state index in [-0.39, 0.29) is 17.4 Å². The molecule has 1 heterocycles. The number of sulfonamides is 1. The zero-order valence-corrected chi connectivity index (χ0v) is 17.8. The van der Waals surface area contributed by atoms with E-state index in [1.807, 2.05) is 6.92 Å². The summed E-state index contributed by atoms with van der Waals surface area (Å²) in [5.74, 6) is 0.358. The van der Waals surface area contributed by atoms with Gasteiger partial charge in [0.25, 0.3) is 0 Å². The van der Waals surface area contributed by atoms with Crippen molar-refractivity contribution < 1.29 is 22.7 Å². The van der Waals surface area contributed by atoms with E-state index < -0.39 is 22.0 Å². The van der Waals surface area contributed by atoms with E-state index in [4.69, 9.17) is 9.47 Å². The minimum absolute atomic E-state index is 0.0623.